The van der Waals surface area contributed by atoms with E-state index in [4.69, 9.17) is 9.47 Å². The smallest absolute Gasteiger partial charge is 0.274 e. The second kappa shape index (κ2) is 8.35. The number of imidazole rings is 1. The Labute approximate surface area is 217 Å². The molecule has 0 unspecified atom stereocenters. The van der Waals surface area contributed by atoms with Crippen LogP contribution in [0.1, 0.15) is 41.4 Å². The molecule has 12 heteroatoms. The summed E-state index contributed by atoms with van der Waals surface area (Å²) < 4.78 is 15.5. The average molecular weight is 512 g/mol. The highest BCUT2D eigenvalue weighted by atomic mass is 16.5. The van der Waals surface area contributed by atoms with Crippen molar-refractivity contribution in [1.82, 2.24) is 34.7 Å². The molecule has 3 aromatic heterocycles. The van der Waals surface area contributed by atoms with Gasteiger partial charge in [0.25, 0.3) is 5.91 Å². The molecule has 1 N–H and O–H groups in total. The van der Waals surface area contributed by atoms with Gasteiger partial charge in [0.05, 0.1) is 66.1 Å². The lowest BCUT2D eigenvalue weighted by Gasteiger charge is -2.30. The average Bonchev–Trinajstić information content (AvgIpc) is 3.30. The van der Waals surface area contributed by atoms with Crippen molar-refractivity contribution in [1.29, 1.82) is 0 Å². The van der Waals surface area contributed by atoms with Gasteiger partial charge in [-0.05, 0) is 47.9 Å². The van der Waals surface area contributed by atoms with Crippen molar-refractivity contribution in [3.05, 3.63) is 54.4 Å². The van der Waals surface area contributed by atoms with Crippen molar-refractivity contribution >= 4 is 17.3 Å². The van der Waals surface area contributed by atoms with Crippen LogP contribution in [0.5, 0.6) is 5.75 Å². The quantitative estimate of drug-likeness (QED) is 0.430. The minimum Gasteiger partial charge on any atom is -0.489 e. The number of nitrogens with one attached hydrogen (secondary N) is 1. The summed E-state index contributed by atoms with van der Waals surface area (Å²) in [7, 11) is 0. The number of pyridine rings is 1. The normalized spacial score (nSPS) is 21.5. The molecule has 2 bridgehead atoms. The van der Waals surface area contributed by atoms with Crippen molar-refractivity contribution in [3.8, 4) is 22.8 Å². The fourth-order valence-corrected chi connectivity index (χ4v) is 5.68. The molecule has 1 aromatic carbocycles. The van der Waals surface area contributed by atoms with Gasteiger partial charge in [-0.1, -0.05) is 6.07 Å². The van der Waals surface area contributed by atoms with Gasteiger partial charge in [0.1, 0.15) is 12.3 Å². The van der Waals surface area contributed by atoms with Crippen LogP contribution in [-0.2, 0) is 11.3 Å². The van der Waals surface area contributed by atoms with E-state index >= 15 is 0 Å². The zero-order valence-corrected chi connectivity index (χ0v) is 20.5. The van der Waals surface area contributed by atoms with Crippen molar-refractivity contribution in [2.75, 3.05) is 30.0 Å². The largest absolute Gasteiger partial charge is 0.489 e. The van der Waals surface area contributed by atoms with Gasteiger partial charge >= 0.3 is 0 Å². The lowest BCUT2D eigenvalue weighted by atomic mass is 10.1. The number of carbonyl (C=O) groups is 1. The van der Waals surface area contributed by atoms with Crippen LogP contribution in [0, 0.1) is 0 Å². The van der Waals surface area contributed by atoms with Crippen LogP contribution < -0.4 is 15.0 Å². The first kappa shape index (κ1) is 21.7. The number of rotatable bonds is 5. The number of amides is 1. The Morgan fingerprint density at radius 1 is 1.16 bits per heavy atom. The van der Waals surface area contributed by atoms with E-state index in [0.29, 0.717) is 54.7 Å². The molecule has 3 aliphatic heterocycles. The minimum absolute atomic E-state index is 0.245. The molecule has 1 aliphatic carbocycles. The topological polar surface area (TPSA) is 125 Å². The lowest BCUT2D eigenvalue weighted by Crippen LogP contribution is -2.37. The molecule has 12 nitrogen and oxygen atoms in total. The van der Waals surface area contributed by atoms with E-state index in [1.165, 1.54) is 12.8 Å². The first-order valence-electron chi connectivity index (χ1n) is 13.0. The van der Waals surface area contributed by atoms with Crippen molar-refractivity contribution in [2.24, 2.45) is 0 Å². The number of ether oxygens (including phenoxy) is 2. The summed E-state index contributed by atoms with van der Waals surface area (Å²) in [5, 5.41) is 14.9. The van der Waals surface area contributed by atoms with Gasteiger partial charge in [-0.2, -0.15) is 0 Å². The highest BCUT2D eigenvalue weighted by Gasteiger charge is 2.40. The van der Waals surface area contributed by atoms with Crippen LogP contribution in [0.15, 0.2) is 43.0 Å². The Kier molecular flexibility index (Phi) is 4.78. The maximum absolute atomic E-state index is 13.5. The maximum atomic E-state index is 13.5. The molecule has 4 aromatic rings. The van der Waals surface area contributed by atoms with Gasteiger partial charge in [-0.15, -0.1) is 5.10 Å². The summed E-state index contributed by atoms with van der Waals surface area (Å²) in [4.78, 5) is 25.1. The van der Waals surface area contributed by atoms with Gasteiger partial charge in [0.15, 0.2) is 11.6 Å². The number of fused-ring (bicyclic) bond motifs is 5. The number of carbonyl (C=O) groups excluding carboxylic acids is 1. The predicted molar refractivity (Wildman–Crippen MR) is 136 cm³/mol. The van der Waals surface area contributed by atoms with E-state index in [-0.39, 0.29) is 12.0 Å². The number of hydrogen-bond donors (Lipinski definition) is 1. The van der Waals surface area contributed by atoms with Gasteiger partial charge in [-0.25, -0.2) is 14.6 Å². The number of nitrogens with zero attached hydrogens (tertiary/aromatic N) is 8. The monoisotopic (exact) mass is 511 g/mol. The number of hydrogen-bond acceptors (Lipinski definition) is 9. The minimum atomic E-state index is -0.326. The Morgan fingerprint density at radius 3 is 2.95 bits per heavy atom. The third-order valence-electron chi connectivity index (χ3n) is 7.77. The predicted octanol–water partition coefficient (Wildman–Crippen LogP) is 2.42. The van der Waals surface area contributed by atoms with Crippen molar-refractivity contribution < 1.29 is 14.3 Å². The third kappa shape index (κ3) is 3.55. The van der Waals surface area contributed by atoms with Gasteiger partial charge in [0, 0.05) is 18.7 Å². The van der Waals surface area contributed by atoms with Crippen LogP contribution in [0.25, 0.3) is 17.1 Å². The molecule has 1 amide bonds. The first-order chi connectivity index (χ1) is 18.7. The van der Waals surface area contributed by atoms with Gasteiger partial charge in [-0.3, -0.25) is 4.79 Å². The molecule has 38 heavy (non-hydrogen) atoms. The Hall–Kier alpha value is -4.32. The molecule has 1 saturated carbocycles. The zero-order chi connectivity index (χ0) is 25.2. The highest BCUT2D eigenvalue weighted by Crippen LogP contribution is 2.41. The molecular weight excluding hydrogens is 486 g/mol. The number of aromatic nitrogens is 7. The number of para-hydroxylation sites is 1. The molecule has 192 valence electrons. The molecule has 3 fully saturated rings. The summed E-state index contributed by atoms with van der Waals surface area (Å²) >= 11 is 0. The molecule has 6 heterocycles. The van der Waals surface area contributed by atoms with E-state index in [0.717, 1.165) is 35.6 Å². The number of benzene rings is 1. The molecule has 4 aliphatic rings. The SMILES string of the molecule is O=C(Nc1cccc2c1OCCn1nnnc1-2)c1cc(-n2cnc(C3CC3)c2)c(N2C[C@H]3C[C@@H]2CO3)cn1. The molecular formula is C26H25N9O3. The van der Waals surface area contributed by atoms with E-state index in [9.17, 15) is 4.79 Å². The molecule has 2 atom stereocenters. The van der Waals surface area contributed by atoms with Crippen LogP contribution in [-0.4, -0.2) is 72.6 Å². The lowest BCUT2D eigenvalue weighted by molar-refractivity contribution is 0.0989. The summed E-state index contributed by atoms with van der Waals surface area (Å²) in [6.45, 7) is 2.45. The van der Waals surface area contributed by atoms with Crippen molar-refractivity contribution in [2.45, 2.75) is 43.9 Å². The third-order valence-corrected chi connectivity index (χ3v) is 7.77. The van der Waals surface area contributed by atoms with Gasteiger partial charge in [0.2, 0.25) is 0 Å². The standard InChI is InChI=1S/C26H25N9O3/c36-26(29-19-3-1-2-18-24(19)37-7-6-35-25(18)30-31-32-35)20-9-22(33-12-21(28-14-33)15-4-5-15)23(10-27-20)34-11-17-8-16(34)13-38-17/h1-3,9-10,12,14-17H,4-8,11,13H2,(H,29,36)/t16-,17-/m1/s1. The van der Waals surface area contributed by atoms with Crippen molar-refractivity contribution in [3.63, 3.8) is 0 Å². The zero-order valence-electron chi connectivity index (χ0n) is 20.5. The molecule has 2 saturated heterocycles. The Bertz CT molecular complexity index is 1560. The number of morpholine rings is 1. The fraction of sp³-hybridized carbons (Fsp3) is 0.385. The second-order valence-electron chi connectivity index (χ2n) is 10.2. The summed E-state index contributed by atoms with van der Waals surface area (Å²) in [6, 6.07) is 7.70. The summed E-state index contributed by atoms with van der Waals surface area (Å²) in [6.07, 6.45) is 9.34. The number of anilines is 2. The van der Waals surface area contributed by atoms with Gasteiger partial charge < -0.3 is 24.3 Å². The summed E-state index contributed by atoms with van der Waals surface area (Å²) in [5.41, 5.74) is 4.55. The Balaban J connectivity index is 1.14. The first-order valence-corrected chi connectivity index (χ1v) is 13.0. The van der Waals surface area contributed by atoms with E-state index < -0.39 is 0 Å². The number of tetrazole rings is 1. The van der Waals surface area contributed by atoms with Crippen LogP contribution >= 0.6 is 0 Å². The van der Waals surface area contributed by atoms with Crippen LogP contribution in [0.2, 0.25) is 0 Å². The Morgan fingerprint density at radius 2 is 2.11 bits per heavy atom. The van der Waals surface area contributed by atoms with Crippen LogP contribution in [0.4, 0.5) is 11.4 Å². The van der Waals surface area contributed by atoms with Crippen LogP contribution in [0.3, 0.4) is 0 Å². The summed E-state index contributed by atoms with van der Waals surface area (Å²) in [5.74, 6) is 1.36. The molecule has 0 spiro atoms. The fourth-order valence-electron chi connectivity index (χ4n) is 5.68. The highest BCUT2D eigenvalue weighted by molar-refractivity contribution is 6.05. The maximum Gasteiger partial charge on any atom is 0.274 e. The van der Waals surface area contributed by atoms with E-state index in [2.05, 4.69) is 41.9 Å². The second-order valence-corrected chi connectivity index (χ2v) is 10.2. The van der Waals surface area contributed by atoms with E-state index in [1.807, 2.05) is 35.2 Å². The molecule has 8 rings (SSSR count). The molecule has 0 radical (unpaired) electrons. The van der Waals surface area contributed by atoms with E-state index in [1.54, 1.807) is 10.9 Å².